The topological polar surface area (TPSA) is 231 Å². The number of carbonyl (C=O) groups is 3. The lowest BCUT2D eigenvalue weighted by Crippen LogP contribution is -2.30. The number of allylic oxidation sites excluding steroid dienone is 18. The lowest BCUT2D eigenvalue weighted by atomic mass is 10.1. The van der Waals surface area contributed by atoms with Crippen molar-refractivity contribution in [3.8, 4) is 0 Å². The first-order chi connectivity index (χ1) is 45.2. The summed E-state index contributed by atoms with van der Waals surface area (Å²) >= 11 is 0. The lowest BCUT2D eigenvalue weighted by Gasteiger charge is -2.21. The summed E-state index contributed by atoms with van der Waals surface area (Å²) in [4.78, 5) is 58.5. The molecule has 0 amide bonds. The molecular weight excluding hydrogens is 1220 g/mol. The van der Waals surface area contributed by atoms with Gasteiger partial charge in [0.2, 0.25) is 0 Å². The second-order valence-corrected chi connectivity index (χ2v) is 26.9. The van der Waals surface area contributed by atoms with Gasteiger partial charge in [0.15, 0.2) is 6.10 Å². The highest BCUT2D eigenvalue weighted by atomic mass is 31.2. The van der Waals surface area contributed by atoms with Crippen molar-refractivity contribution in [2.45, 2.75) is 309 Å². The Balaban J connectivity index is 4.65. The van der Waals surface area contributed by atoms with Gasteiger partial charge in [0.1, 0.15) is 25.4 Å². The number of rotatable bonds is 68. The molecule has 4 N–H and O–H groups in total. The Morgan fingerprint density at radius 1 is 0.301 bits per heavy atom. The molecule has 0 aliphatic heterocycles. The van der Waals surface area contributed by atoms with Crippen molar-refractivity contribution >= 4 is 33.6 Å². The predicted octanol–water partition coefficient (Wildman–Crippen LogP) is 20.4. The van der Waals surface area contributed by atoms with Crippen LogP contribution >= 0.6 is 15.6 Å². The first-order valence-electron chi connectivity index (χ1n) is 36.2. The van der Waals surface area contributed by atoms with E-state index in [1.165, 1.54) is 64.2 Å². The van der Waals surface area contributed by atoms with Gasteiger partial charge in [-0.1, -0.05) is 246 Å². The summed E-state index contributed by atoms with van der Waals surface area (Å²) in [6.07, 6.45) is 77.0. The van der Waals surface area contributed by atoms with Gasteiger partial charge in [-0.3, -0.25) is 32.5 Å². The fourth-order valence-corrected chi connectivity index (χ4v) is 10.9. The highest BCUT2D eigenvalue weighted by Crippen LogP contribution is 2.45. The number of ether oxygens (including phenoxy) is 3. The molecule has 5 unspecified atom stereocenters. The van der Waals surface area contributed by atoms with Gasteiger partial charge in [0.05, 0.1) is 26.4 Å². The van der Waals surface area contributed by atoms with E-state index in [2.05, 4.69) is 130 Å². The highest BCUT2D eigenvalue weighted by Gasteiger charge is 2.29. The van der Waals surface area contributed by atoms with Gasteiger partial charge < -0.3 is 34.2 Å². The van der Waals surface area contributed by atoms with Crippen LogP contribution in [-0.2, 0) is 55.8 Å². The third-order valence-electron chi connectivity index (χ3n) is 14.9. The van der Waals surface area contributed by atoms with Crippen LogP contribution in [0, 0.1) is 0 Å². The molecule has 0 radical (unpaired) electrons. The van der Waals surface area contributed by atoms with Crippen LogP contribution in [0.2, 0.25) is 0 Å². The molecule has 0 saturated carbocycles. The smallest absolute Gasteiger partial charge is 0.463 e. The van der Waals surface area contributed by atoms with Crippen LogP contribution in [0.4, 0.5) is 0 Å². The molecule has 0 rings (SSSR count). The number of aliphatic hydroxyl groups is 2. The van der Waals surface area contributed by atoms with Crippen LogP contribution in [-0.4, -0.2) is 95.9 Å². The Labute approximate surface area is 564 Å². The van der Waals surface area contributed by atoms with E-state index in [4.69, 9.17) is 32.3 Å². The third kappa shape index (κ3) is 69.4. The molecule has 93 heavy (non-hydrogen) atoms. The van der Waals surface area contributed by atoms with Gasteiger partial charge in [0.25, 0.3) is 0 Å². The van der Waals surface area contributed by atoms with Gasteiger partial charge >= 0.3 is 33.6 Å². The zero-order valence-electron chi connectivity index (χ0n) is 58.1. The van der Waals surface area contributed by atoms with Crippen molar-refractivity contribution in [2.75, 3.05) is 39.6 Å². The van der Waals surface area contributed by atoms with E-state index in [1.54, 1.807) is 0 Å². The standard InChI is InChI=1S/C75H130O16P2/c1-4-7-10-13-16-19-22-25-28-30-32-33-34-35-37-39-41-43-46-49-52-55-58-61-73(78)85-64-70(76)65-87-92(81,82)88-66-71(77)67-89-93(83,84)90-69-72(91-75(80)63-60-57-54-51-48-45-40-27-24-21-18-15-12-9-6-3)68-86-74(79)62-59-56-53-50-47-44-42-38-36-31-29-26-23-20-17-14-11-8-5-2/h16-21,25-29,32-33,35-38,40,70-72,76-77H,4-15,22-24,30-31,34,39,41-69H2,1-3H3,(H,81,82)(H,83,84)/b19-16-,20-17-,21-18-,28-25-,29-26-,33-32-,37-35-,38-36-,40-27-. The molecule has 5 atom stereocenters. The summed E-state index contributed by atoms with van der Waals surface area (Å²) in [6.45, 7) is 2.55. The van der Waals surface area contributed by atoms with Crippen LogP contribution in [0.1, 0.15) is 290 Å². The normalized spacial score (nSPS) is 14.8. The van der Waals surface area contributed by atoms with Crippen LogP contribution in [0.15, 0.2) is 109 Å². The van der Waals surface area contributed by atoms with E-state index in [0.29, 0.717) is 19.3 Å². The van der Waals surface area contributed by atoms with Gasteiger partial charge in [0, 0.05) is 19.3 Å². The van der Waals surface area contributed by atoms with Gasteiger partial charge in [-0.05, 0) is 135 Å². The van der Waals surface area contributed by atoms with Crippen molar-refractivity contribution in [1.29, 1.82) is 0 Å². The summed E-state index contributed by atoms with van der Waals surface area (Å²) in [5, 5.41) is 20.6. The number of esters is 3. The van der Waals surface area contributed by atoms with Crippen LogP contribution in [0.5, 0.6) is 0 Å². The number of carbonyl (C=O) groups excluding carboxylic acids is 3. The number of phosphoric ester groups is 2. The number of unbranched alkanes of at least 4 members (excludes halogenated alkanes) is 27. The second kappa shape index (κ2) is 68.2. The Hall–Kier alpha value is -3.79. The number of hydrogen-bond acceptors (Lipinski definition) is 14. The van der Waals surface area contributed by atoms with E-state index < -0.39 is 91.5 Å². The predicted molar refractivity (Wildman–Crippen MR) is 380 cm³/mol. The quantitative estimate of drug-likeness (QED) is 0.0146. The molecule has 0 aliphatic rings. The summed E-state index contributed by atoms with van der Waals surface area (Å²) in [6, 6.07) is 0. The SMILES string of the molecule is CCCCC/C=C\C/C=C\C/C=C\C/C=C\CCCCCCCCCC(=O)OCC(O)COP(=O)(O)OCC(O)COP(=O)(O)OCC(COC(=O)CCCCCCCC/C=C\C/C=C\C/C=C\CCCCC)OC(=O)CCCCCCC/C=C\C/C=C\CCCCC. The molecule has 536 valence electrons. The molecule has 0 aromatic rings. The van der Waals surface area contributed by atoms with Crippen molar-refractivity contribution in [1.82, 2.24) is 0 Å². The van der Waals surface area contributed by atoms with Gasteiger partial charge in [-0.15, -0.1) is 0 Å². The maximum atomic E-state index is 12.9. The maximum absolute atomic E-state index is 12.9. The average Bonchev–Trinajstić information content (AvgIpc) is 3.74. The summed E-state index contributed by atoms with van der Waals surface area (Å²) in [5.41, 5.74) is 0. The van der Waals surface area contributed by atoms with Crippen LogP contribution < -0.4 is 0 Å². The van der Waals surface area contributed by atoms with E-state index in [0.717, 1.165) is 167 Å². The van der Waals surface area contributed by atoms with Crippen LogP contribution in [0.25, 0.3) is 0 Å². The number of hydrogen-bond donors (Lipinski definition) is 4. The highest BCUT2D eigenvalue weighted by molar-refractivity contribution is 7.47. The molecule has 0 aliphatic carbocycles. The molecule has 0 aromatic heterocycles. The fraction of sp³-hybridized carbons (Fsp3) is 0.720. The molecule has 0 fully saturated rings. The zero-order chi connectivity index (χ0) is 68.1. The molecule has 0 bridgehead atoms. The van der Waals surface area contributed by atoms with E-state index >= 15 is 0 Å². The number of aliphatic hydroxyl groups excluding tert-OH is 2. The van der Waals surface area contributed by atoms with Crippen molar-refractivity contribution in [2.24, 2.45) is 0 Å². The molecule has 16 nitrogen and oxygen atoms in total. The van der Waals surface area contributed by atoms with Crippen molar-refractivity contribution in [3.05, 3.63) is 109 Å². The summed E-state index contributed by atoms with van der Waals surface area (Å²) in [7, 11) is -9.79. The Morgan fingerprint density at radius 3 is 0.849 bits per heavy atom. The first kappa shape index (κ1) is 89.2. The lowest BCUT2D eigenvalue weighted by molar-refractivity contribution is -0.161. The minimum Gasteiger partial charge on any atom is -0.463 e. The maximum Gasteiger partial charge on any atom is 0.472 e. The Morgan fingerprint density at radius 2 is 0.538 bits per heavy atom. The van der Waals surface area contributed by atoms with Crippen LogP contribution in [0.3, 0.4) is 0 Å². The van der Waals surface area contributed by atoms with Crippen molar-refractivity contribution in [3.63, 3.8) is 0 Å². The Bertz CT molecular complexity index is 2130. The molecular formula is C75H130O16P2. The first-order valence-corrected chi connectivity index (χ1v) is 39.2. The Kier molecular flexibility index (Phi) is 65.4. The molecule has 0 aromatic carbocycles. The second-order valence-electron chi connectivity index (χ2n) is 24.0. The van der Waals surface area contributed by atoms with Crippen molar-refractivity contribution < 1.29 is 75.8 Å². The van der Waals surface area contributed by atoms with E-state index in [9.17, 15) is 43.5 Å². The van der Waals surface area contributed by atoms with E-state index in [1.807, 2.05) is 0 Å². The minimum atomic E-state index is -4.93. The minimum absolute atomic E-state index is 0.0837. The summed E-state index contributed by atoms with van der Waals surface area (Å²) < 4.78 is 61.0. The number of phosphoric acid groups is 2. The largest absolute Gasteiger partial charge is 0.472 e. The molecule has 18 heteroatoms. The molecule has 0 heterocycles. The summed E-state index contributed by atoms with van der Waals surface area (Å²) in [5.74, 6) is -1.61. The van der Waals surface area contributed by atoms with Gasteiger partial charge in [-0.2, -0.15) is 0 Å². The fourth-order valence-electron chi connectivity index (χ4n) is 9.35. The van der Waals surface area contributed by atoms with Gasteiger partial charge in [-0.25, -0.2) is 9.13 Å². The monoisotopic (exact) mass is 1350 g/mol. The molecule has 0 saturated heterocycles. The zero-order valence-corrected chi connectivity index (χ0v) is 59.9. The molecule has 0 spiro atoms. The average molecular weight is 1350 g/mol. The van der Waals surface area contributed by atoms with E-state index in [-0.39, 0.29) is 19.3 Å². The third-order valence-corrected chi connectivity index (χ3v) is 16.8.